The molecule has 8 nitrogen and oxygen atoms in total. The van der Waals surface area contributed by atoms with Crippen LogP contribution in [0.15, 0.2) is 42.5 Å². The summed E-state index contributed by atoms with van der Waals surface area (Å²) in [6, 6.07) is 12.1. The van der Waals surface area contributed by atoms with Gasteiger partial charge in [-0.25, -0.2) is 0 Å². The lowest BCUT2D eigenvalue weighted by atomic mass is 10.0. The molecule has 0 saturated heterocycles. The highest BCUT2D eigenvalue weighted by molar-refractivity contribution is 6.05. The van der Waals surface area contributed by atoms with E-state index in [2.05, 4.69) is 31.1 Å². The Balaban J connectivity index is 1.88. The highest BCUT2D eigenvalue weighted by atomic mass is 16.5. The van der Waals surface area contributed by atoms with Crippen LogP contribution >= 0.6 is 0 Å². The Bertz CT molecular complexity index is 994. The zero-order chi connectivity index (χ0) is 24.8. The summed E-state index contributed by atoms with van der Waals surface area (Å²) in [6.45, 7) is 5.93. The van der Waals surface area contributed by atoms with Gasteiger partial charge in [0.1, 0.15) is 18.1 Å². The number of methoxy groups -OCH3 is 2. The molecule has 0 bridgehead atoms. The molecular formula is C26H35N3O5. The SMILES string of the molecule is COc1ccc(C(=O)Nc2ccc3c(c2)C(=O)N(C)C[C@H](OC)[C@H](C)CN(C)[C@H](C)CO3)cc1. The minimum absolute atomic E-state index is 0.106. The summed E-state index contributed by atoms with van der Waals surface area (Å²) in [6.07, 6.45) is -0.106. The smallest absolute Gasteiger partial charge is 0.257 e. The average Bonchev–Trinajstić information content (AvgIpc) is 2.84. The molecule has 2 amide bonds. The molecule has 0 radical (unpaired) electrons. The second-order valence-corrected chi connectivity index (χ2v) is 8.93. The highest BCUT2D eigenvalue weighted by Gasteiger charge is 2.27. The Morgan fingerprint density at radius 3 is 2.41 bits per heavy atom. The largest absolute Gasteiger partial charge is 0.497 e. The molecule has 0 fully saturated rings. The Kier molecular flexibility index (Phi) is 8.52. The third-order valence-electron chi connectivity index (χ3n) is 6.37. The third kappa shape index (κ3) is 6.07. The zero-order valence-electron chi connectivity index (χ0n) is 20.8. The van der Waals surface area contributed by atoms with Crippen molar-refractivity contribution in [2.45, 2.75) is 26.0 Å². The Morgan fingerprint density at radius 1 is 1.06 bits per heavy atom. The molecule has 8 heteroatoms. The highest BCUT2D eigenvalue weighted by Crippen LogP contribution is 2.26. The van der Waals surface area contributed by atoms with Crippen LogP contribution in [0.3, 0.4) is 0 Å². The van der Waals surface area contributed by atoms with Gasteiger partial charge in [0.2, 0.25) is 0 Å². The number of carbonyl (C=O) groups is 2. The van der Waals surface area contributed by atoms with Crippen LogP contribution < -0.4 is 14.8 Å². The summed E-state index contributed by atoms with van der Waals surface area (Å²) in [5.41, 5.74) is 1.40. The molecule has 1 N–H and O–H groups in total. The number of rotatable bonds is 4. The minimum atomic E-state index is -0.277. The number of ether oxygens (including phenoxy) is 3. The predicted octanol–water partition coefficient (Wildman–Crippen LogP) is 3.38. The number of hydrogen-bond acceptors (Lipinski definition) is 6. The van der Waals surface area contributed by atoms with E-state index in [1.807, 2.05) is 0 Å². The molecule has 1 aliphatic heterocycles. The lowest BCUT2D eigenvalue weighted by Gasteiger charge is -2.34. The predicted molar refractivity (Wildman–Crippen MR) is 132 cm³/mol. The zero-order valence-corrected chi connectivity index (χ0v) is 20.8. The molecule has 0 aromatic heterocycles. The van der Waals surface area contributed by atoms with Crippen LogP contribution in [0.1, 0.15) is 34.6 Å². The normalized spacial score (nSPS) is 22.1. The average molecular weight is 470 g/mol. The van der Waals surface area contributed by atoms with Crippen molar-refractivity contribution in [1.82, 2.24) is 9.80 Å². The van der Waals surface area contributed by atoms with Crippen molar-refractivity contribution in [3.8, 4) is 11.5 Å². The maximum atomic E-state index is 13.4. The van der Waals surface area contributed by atoms with E-state index in [0.29, 0.717) is 41.5 Å². The molecule has 0 saturated carbocycles. The van der Waals surface area contributed by atoms with Crippen LogP contribution in [-0.4, -0.2) is 81.8 Å². The number of carbonyl (C=O) groups excluding carboxylic acids is 2. The molecular weight excluding hydrogens is 434 g/mol. The van der Waals surface area contributed by atoms with Gasteiger partial charge in [-0.2, -0.15) is 0 Å². The minimum Gasteiger partial charge on any atom is -0.497 e. The van der Waals surface area contributed by atoms with E-state index in [-0.39, 0.29) is 29.9 Å². The topological polar surface area (TPSA) is 80.3 Å². The molecule has 0 aliphatic carbocycles. The number of likely N-dealkylation sites (N-methyl/N-ethyl adjacent to an activating group) is 2. The summed E-state index contributed by atoms with van der Waals surface area (Å²) < 4.78 is 16.9. The Labute approximate surface area is 201 Å². The van der Waals surface area contributed by atoms with Crippen LogP contribution in [-0.2, 0) is 4.74 Å². The molecule has 0 spiro atoms. The standard InChI is InChI=1S/C26H35N3O5/c1-17-14-28(3)18(2)16-34-23-12-9-20(13-22(23)26(31)29(4)15-24(17)33-6)27-25(30)19-7-10-21(32-5)11-8-19/h7-13,17-18,24H,14-16H2,1-6H3,(H,27,30)/t17-,18-,24+/m1/s1. The van der Waals surface area contributed by atoms with Gasteiger partial charge < -0.3 is 24.4 Å². The number of anilines is 1. The number of fused-ring (bicyclic) bond motifs is 1. The van der Waals surface area contributed by atoms with Gasteiger partial charge in [0.15, 0.2) is 0 Å². The Hall–Kier alpha value is -3.10. The van der Waals surface area contributed by atoms with Crippen molar-refractivity contribution in [3.05, 3.63) is 53.6 Å². The molecule has 34 heavy (non-hydrogen) atoms. The first-order chi connectivity index (χ1) is 16.2. The summed E-state index contributed by atoms with van der Waals surface area (Å²) >= 11 is 0. The van der Waals surface area contributed by atoms with Gasteiger partial charge in [-0.05, 0) is 62.4 Å². The van der Waals surface area contributed by atoms with Gasteiger partial charge in [-0.3, -0.25) is 14.5 Å². The number of amides is 2. The van der Waals surface area contributed by atoms with E-state index >= 15 is 0 Å². The molecule has 1 aliphatic rings. The van der Waals surface area contributed by atoms with Crippen LogP contribution in [0.4, 0.5) is 5.69 Å². The van der Waals surface area contributed by atoms with Crippen LogP contribution in [0.2, 0.25) is 0 Å². The summed E-state index contributed by atoms with van der Waals surface area (Å²) in [7, 11) is 7.08. The van der Waals surface area contributed by atoms with Gasteiger partial charge in [0.05, 0.1) is 18.8 Å². The quantitative estimate of drug-likeness (QED) is 0.740. The first-order valence-electron chi connectivity index (χ1n) is 11.4. The van der Waals surface area contributed by atoms with Crippen molar-refractivity contribution in [1.29, 1.82) is 0 Å². The fourth-order valence-corrected chi connectivity index (χ4v) is 3.98. The summed E-state index contributed by atoms with van der Waals surface area (Å²) in [5, 5.41) is 2.87. The van der Waals surface area contributed by atoms with Crippen LogP contribution in [0.5, 0.6) is 11.5 Å². The third-order valence-corrected chi connectivity index (χ3v) is 6.37. The van der Waals surface area contributed by atoms with Crippen molar-refractivity contribution in [2.24, 2.45) is 5.92 Å². The lowest BCUT2D eigenvalue weighted by molar-refractivity contribution is 0.0150. The van der Waals surface area contributed by atoms with Crippen molar-refractivity contribution in [3.63, 3.8) is 0 Å². The number of benzene rings is 2. The number of nitrogens with zero attached hydrogens (tertiary/aromatic N) is 2. The van der Waals surface area contributed by atoms with E-state index < -0.39 is 0 Å². The van der Waals surface area contributed by atoms with Gasteiger partial charge in [-0.1, -0.05) is 6.92 Å². The van der Waals surface area contributed by atoms with E-state index in [0.717, 1.165) is 6.54 Å². The molecule has 2 aromatic carbocycles. The second-order valence-electron chi connectivity index (χ2n) is 8.93. The van der Waals surface area contributed by atoms with Crippen LogP contribution in [0, 0.1) is 5.92 Å². The van der Waals surface area contributed by atoms with Crippen molar-refractivity contribution >= 4 is 17.5 Å². The molecule has 184 valence electrons. The number of hydrogen-bond donors (Lipinski definition) is 1. The summed E-state index contributed by atoms with van der Waals surface area (Å²) in [5.74, 6) is 0.918. The van der Waals surface area contributed by atoms with E-state index in [4.69, 9.17) is 14.2 Å². The van der Waals surface area contributed by atoms with Crippen molar-refractivity contribution < 1.29 is 23.8 Å². The molecule has 2 aromatic rings. The fraction of sp³-hybridized carbons (Fsp3) is 0.462. The van der Waals surface area contributed by atoms with Gasteiger partial charge in [0.25, 0.3) is 11.8 Å². The monoisotopic (exact) mass is 469 g/mol. The van der Waals surface area contributed by atoms with Crippen LogP contribution in [0.25, 0.3) is 0 Å². The van der Waals surface area contributed by atoms with Crippen molar-refractivity contribution in [2.75, 3.05) is 53.3 Å². The second kappa shape index (κ2) is 11.4. The van der Waals surface area contributed by atoms with E-state index in [9.17, 15) is 9.59 Å². The van der Waals surface area contributed by atoms with Gasteiger partial charge in [0, 0.05) is 44.5 Å². The molecule has 3 rings (SSSR count). The van der Waals surface area contributed by atoms with Gasteiger partial charge in [-0.15, -0.1) is 0 Å². The number of nitrogens with one attached hydrogen (secondary N) is 1. The van der Waals surface area contributed by atoms with Gasteiger partial charge >= 0.3 is 0 Å². The maximum Gasteiger partial charge on any atom is 0.257 e. The molecule has 3 atom stereocenters. The fourth-order valence-electron chi connectivity index (χ4n) is 3.98. The van der Waals surface area contributed by atoms with E-state index in [1.54, 1.807) is 68.6 Å². The molecule has 1 heterocycles. The van der Waals surface area contributed by atoms with E-state index in [1.165, 1.54) is 0 Å². The molecule has 0 unspecified atom stereocenters. The Morgan fingerprint density at radius 2 is 1.76 bits per heavy atom. The summed E-state index contributed by atoms with van der Waals surface area (Å²) in [4.78, 5) is 30.0. The lowest BCUT2D eigenvalue weighted by Crippen LogP contribution is -2.45. The first kappa shape index (κ1) is 25.5. The maximum absolute atomic E-state index is 13.4. The first-order valence-corrected chi connectivity index (χ1v) is 11.4.